The first-order valence-electron chi connectivity index (χ1n) is 4.55. The van der Waals surface area contributed by atoms with Crippen molar-refractivity contribution in [2.24, 2.45) is 0 Å². The molecule has 1 aromatic carbocycles. The number of alkyl halides is 1. The van der Waals surface area contributed by atoms with E-state index in [2.05, 4.69) is 21.2 Å². The minimum absolute atomic E-state index is 0.373. The summed E-state index contributed by atoms with van der Waals surface area (Å²) in [5.74, 6) is -4.79. The minimum Gasteiger partial charge on any atom is -0.323 e. The molecule has 0 aliphatic rings. The summed E-state index contributed by atoms with van der Waals surface area (Å²) < 4.78 is 38.5. The number of anilines is 1. The Hall–Kier alpha value is -1.04. The molecule has 1 N–H and O–H groups in total. The zero-order valence-corrected chi connectivity index (χ0v) is 9.95. The fourth-order valence-corrected chi connectivity index (χ4v) is 1.13. The maximum absolute atomic E-state index is 13.1. The van der Waals surface area contributed by atoms with Crippen LogP contribution in [0, 0.1) is 17.5 Å². The van der Waals surface area contributed by atoms with Crippen molar-refractivity contribution >= 4 is 27.5 Å². The Kier molecular flexibility index (Phi) is 4.35. The third-order valence-corrected chi connectivity index (χ3v) is 3.00. The summed E-state index contributed by atoms with van der Waals surface area (Å²) >= 11 is 3.05. The van der Waals surface area contributed by atoms with E-state index in [1.54, 1.807) is 6.92 Å². The molecule has 2 nitrogen and oxygen atoms in total. The van der Waals surface area contributed by atoms with Gasteiger partial charge in [-0.3, -0.25) is 4.79 Å². The van der Waals surface area contributed by atoms with Crippen molar-refractivity contribution in [3.8, 4) is 0 Å². The lowest BCUT2D eigenvalue weighted by Gasteiger charge is -2.09. The third kappa shape index (κ3) is 2.75. The Balaban J connectivity index is 2.91. The van der Waals surface area contributed by atoms with Crippen molar-refractivity contribution in [1.29, 1.82) is 0 Å². The Morgan fingerprint density at radius 1 is 1.38 bits per heavy atom. The van der Waals surface area contributed by atoms with Gasteiger partial charge in [-0.05, 0) is 18.6 Å². The zero-order chi connectivity index (χ0) is 12.3. The molecule has 0 heterocycles. The maximum atomic E-state index is 13.1. The summed E-state index contributed by atoms with van der Waals surface area (Å²) in [6, 6.07) is 1.73. The van der Waals surface area contributed by atoms with Crippen molar-refractivity contribution in [1.82, 2.24) is 0 Å². The number of halogens is 4. The van der Waals surface area contributed by atoms with Gasteiger partial charge in [0.05, 0.1) is 10.5 Å². The van der Waals surface area contributed by atoms with Crippen LogP contribution in [-0.2, 0) is 4.79 Å². The highest BCUT2D eigenvalue weighted by Crippen LogP contribution is 2.20. The van der Waals surface area contributed by atoms with Crippen LogP contribution < -0.4 is 5.32 Å². The molecule has 1 rings (SSSR count). The molecular formula is C10H9BrF3NO. The molecular weight excluding hydrogens is 287 g/mol. The van der Waals surface area contributed by atoms with Gasteiger partial charge in [0.15, 0.2) is 17.5 Å². The van der Waals surface area contributed by atoms with Gasteiger partial charge >= 0.3 is 0 Å². The molecule has 0 aromatic heterocycles. The molecule has 0 saturated carbocycles. The van der Waals surface area contributed by atoms with Crippen LogP contribution in [0.25, 0.3) is 0 Å². The van der Waals surface area contributed by atoms with Gasteiger partial charge in [0.1, 0.15) is 0 Å². The van der Waals surface area contributed by atoms with Crippen LogP contribution in [0.1, 0.15) is 13.3 Å². The quantitative estimate of drug-likeness (QED) is 0.673. The van der Waals surface area contributed by atoms with Gasteiger partial charge in [-0.25, -0.2) is 13.2 Å². The Bertz CT molecular complexity index is 411. The minimum atomic E-state index is -1.60. The second-order valence-electron chi connectivity index (χ2n) is 3.09. The summed E-state index contributed by atoms with van der Waals surface area (Å²) in [5.41, 5.74) is -0.373. The van der Waals surface area contributed by atoms with Crippen molar-refractivity contribution < 1.29 is 18.0 Å². The predicted octanol–water partition coefficient (Wildman–Crippen LogP) is 3.22. The van der Waals surface area contributed by atoms with Crippen LogP contribution in [0.3, 0.4) is 0 Å². The van der Waals surface area contributed by atoms with E-state index in [0.29, 0.717) is 6.42 Å². The van der Waals surface area contributed by atoms with Crippen LogP contribution in [0.2, 0.25) is 0 Å². The SMILES string of the molecule is CCC(Br)C(=O)Nc1ccc(F)c(F)c1F. The first-order valence-corrected chi connectivity index (χ1v) is 5.47. The molecule has 6 heteroatoms. The monoisotopic (exact) mass is 295 g/mol. The fourth-order valence-electron chi connectivity index (χ4n) is 1.02. The lowest BCUT2D eigenvalue weighted by Crippen LogP contribution is -2.22. The van der Waals surface area contributed by atoms with E-state index in [-0.39, 0.29) is 5.69 Å². The topological polar surface area (TPSA) is 29.1 Å². The summed E-state index contributed by atoms with van der Waals surface area (Å²) in [5, 5.41) is 2.16. The van der Waals surface area contributed by atoms with Crippen LogP contribution in [0.4, 0.5) is 18.9 Å². The van der Waals surface area contributed by atoms with Gasteiger partial charge in [-0.15, -0.1) is 0 Å². The van der Waals surface area contributed by atoms with Crippen LogP contribution in [-0.4, -0.2) is 10.7 Å². The van der Waals surface area contributed by atoms with E-state index in [9.17, 15) is 18.0 Å². The number of benzene rings is 1. The van der Waals surface area contributed by atoms with Crippen molar-refractivity contribution in [2.45, 2.75) is 18.2 Å². The van der Waals surface area contributed by atoms with E-state index in [1.807, 2.05) is 0 Å². The number of carbonyl (C=O) groups excluding carboxylic acids is 1. The summed E-state index contributed by atoms with van der Waals surface area (Å²) in [7, 11) is 0. The molecule has 88 valence electrons. The van der Waals surface area contributed by atoms with Crippen LogP contribution in [0.15, 0.2) is 12.1 Å². The average molecular weight is 296 g/mol. The molecule has 0 aliphatic carbocycles. The first-order chi connectivity index (χ1) is 7.47. The van der Waals surface area contributed by atoms with E-state index in [1.165, 1.54) is 0 Å². The van der Waals surface area contributed by atoms with Gasteiger partial charge < -0.3 is 5.32 Å². The number of rotatable bonds is 3. The smallest absolute Gasteiger partial charge is 0.238 e. The highest BCUT2D eigenvalue weighted by molar-refractivity contribution is 9.10. The second-order valence-corrected chi connectivity index (χ2v) is 4.19. The summed E-state index contributed by atoms with van der Waals surface area (Å²) in [6.45, 7) is 1.75. The standard InChI is InChI=1S/C10H9BrF3NO/c1-2-5(11)10(16)15-7-4-3-6(12)8(13)9(7)14/h3-5H,2H2,1H3,(H,15,16). The van der Waals surface area contributed by atoms with Crippen LogP contribution in [0.5, 0.6) is 0 Å². The molecule has 0 saturated heterocycles. The highest BCUT2D eigenvalue weighted by Gasteiger charge is 2.18. The number of hydrogen-bond acceptors (Lipinski definition) is 1. The van der Waals surface area contributed by atoms with Crippen molar-refractivity contribution in [2.75, 3.05) is 5.32 Å². The molecule has 0 fully saturated rings. The molecule has 16 heavy (non-hydrogen) atoms. The molecule has 1 aromatic rings. The fraction of sp³-hybridized carbons (Fsp3) is 0.300. The number of amides is 1. The first kappa shape index (κ1) is 13.0. The zero-order valence-electron chi connectivity index (χ0n) is 8.36. The lowest BCUT2D eigenvalue weighted by atomic mass is 10.2. The van der Waals surface area contributed by atoms with Gasteiger partial charge in [0.2, 0.25) is 5.91 Å². The molecule has 1 unspecified atom stereocenters. The van der Waals surface area contributed by atoms with Crippen LogP contribution >= 0.6 is 15.9 Å². The normalized spacial score (nSPS) is 12.3. The van der Waals surface area contributed by atoms with Gasteiger partial charge in [0.25, 0.3) is 0 Å². The second kappa shape index (κ2) is 5.34. The number of carbonyl (C=O) groups is 1. The van der Waals surface area contributed by atoms with Crippen molar-refractivity contribution in [3.63, 3.8) is 0 Å². The Morgan fingerprint density at radius 3 is 2.56 bits per heavy atom. The summed E-state index contributed by atoms with van der Waals surface area (Å²) in [4.78, 5) is 10.9. The molecule has 0 spiro atoms. The molecule has 0 bridgehead atoms. The lowest BCUT2D eigenvalue weighted by molar-refractivity contribution is -0.115. The average Bonchev–Trinajstić information content (AvgIpc) is 2.28. The predicted molar refractivity (Wildman–Crippen MR) is 58.0 cm³/mol. The Labute approximate surface area is 99.0 Å². The maximum Gasteiger partial charge on any atom is 0.238 e. The summed E-state index contributed by atoms with van der Waals surface area (Å²) in [6.07, 6.45) is 0.497. The highest BCUT2D eigenvalue weighted by atomic mass is 79.9. The van der Waals surface area contributed by atoms with E-state index in [0.717, 1.165) is 12.1 Å². The molecule has 0 aliphatic heterocycles. The molecule has 0 radical (unpaired) electrons. The Morgan fingerprint density at radius 2 is 2.00 bits per heavy atom. The third-order valence-electron chi connectivity index (χ3n) is 1.94. The van der Waals surface area contributed by atoms with E-state index >= 15 is 0 Å². The molecule has 1 atom stereocenters. The largest absolute Gasteiger partial charge is 0.323 e. The van der Waals surface area contributed by atoms with Gasteiger partial charge in [-0.1, -0.05) is 22.9 Å². The van der Waals surface area contributed by atoms with Crippen molar-refractivity contribution in [3.05, 3.63) is 29.6 Å². The number of hydrogen-bond donors (Lipinski definition) is 1. The van der Waals surface area contributed by atoms with Gasteiger partial charge in [0, 0.05) is 0 Å². The van der Waals surface area contributed by atoms with E-state index in [4.69, 9.17) is 0 Å². The molecule has 1 amide bonds. The van der Waals surface area contributed by atoms with Gasteiger partial charge in [-0.2, -0.15) is 0 Å². The van der Waals surface area contributed by atoms with E-state index < -0.39 is 28.2 Å². The number of nitrogens with one attached hydrogen (secondary N) is 1.